The highest BCUT2D eigenvalue weighted by atomic mass is 16.5. The molecule has 0 bridgehead atoms. The average Bonchev–Trinajstić information content (AvgIpc) is 3.49. The van der Waals surface area contributed by atoms with E-state index in [0.717, 1.165) is 12.8 Å². The fourth-order valence-corrected chi connectivity index (χ4v) is 3.00. The largest absolute Gasteiger partial charge is 0.497 e. The van der Waals surface area contributed by atoms with Gasteiger partial charge in [-0.1, -0.05) is 0 Å². The number of carbonyl (C=O) groups excluding carboxylic acids is 1. The SMILES string of the molecule is COc1ccc(C(=O)NCC2(C(=O)O)CCOCC2)c(OCC2CC2)c1. The van der Waals surface area contributed by atoms with Crippen molar-refractivity contribution in [1.29, 1.82) is 0 Å². The molecule has 1 aromatic rings. The zero-order valence-corrected chi connectivity index (χ0v) is 15.0. The van der Waals surface area contributed by atoms with Gasteiger partial charge in [0.25, 0.3) is 5.91 Å². The summed E-state index contributed by atoms with van der Waals surface area (Å²) in [6.45, 7) is 1.42. The highest BCUT2D eigenvalue weighted by Gasteiger charge is 2.40. The van der Waals surface area contributed by atoms with Crippen molar-refractivity contribution >= 4 is 11.9 Å². The van der Waals surface area contributed by atoms with Gasteiger partial charge in [0, 0.05) is 25.8 Å². The molecule has 2 fully saturated rings. The third-order valence-electron chi connectivity index (χ3n) is 5.10. The minimum atomic E-state index is -0.977. The van der Waals surface area contributed by atoms with Crippen LogP contribution in [0.3, 0.4) is 0 Å². The van der Waals surface area contributed by atoms with Crippen molar-refractivity contribution in [3.63, 3.8) is 0 Å². The quantitative estimate of drug-likeness (QED) is 0.735. The van der Waals surface area contributed by atoms with Crippen LogP contribution in [0.15, 0.2) is 18.2 Å². The van der Waals surface area contributed by atoms with E-state index >= 15 is 0 Å². The molecule has 0 spiro atoms. The van der Waals surface area contributed by atoms with E-state index in [1.54, 1.807) is 25.3 Å². The van der Waals surface area contributed by atoms with Crippen LogP contribution in [0.2, 0.25) is 0 Å². The van der Waals surface area contributed by atoms with Crippen LogP contribution in [0.1, 0.15) is 36.0 Å². The number of ether oxygens (including phenoxy) is 3. The molecule has 142 valence electrons. The van der Waals surface area contributed by atoms with Crippen LogP contribution in [0.4, 0.5) is 0 Å². The molecule has 1 aromatic carbocycles. The number of benzene rings is 1. The van der Waals surface area contributed by atoms with E-state index in [0.29, 0.717) is 55.6 Å². The van der Waals surface area contributed by atoms with E-state index < -0.39 is 11.4 Å². The van der Waals surface area contributed by atoms with Gasteiger partial charge < -0.3 is 24.6 Å². The fourth-order valence-electron chi connectivity index (χ4n) is 3.00. The van der Waals surface area contributed by atoms with Crippen LogP contribution < -0.4 is 14.8 Å². The molecule has 7 nitrogen and oxygen atoms in total. The van der Waals surface area contributed by atoms with E-state index in [1.165, 1.54) is 0 Å². The number of amides is 1. The zero-order valence-electron chi connectivity index (χ0n) is 15.0. The van der Waals surface area contributed by atoms with Gasteiger partial charge in [-0.2, -0.15) is 0 Å². The van der Waals surface area contributed by atoms with Gasteiger partial charge in [-0.25, -0.2) is 0 Å². The highest BCUT2D eigenvalue weighted by molar-refractivity contribution is 5.97. The molecule has 2 N–H and O–H groups in total. The van der Waals surface area contributed by atoms with Gasteiger partial charge in [-0.15, -0.1) is 0 Å². The molecule has 1 aliphatic heterocycles. The first-order valence-electron chi connectivity index (χ1n) is 8.94. The Kier molecular flexibility index (Phi) is 5.66. The molecule has 1 saturated heterocycles. The van der Waals surface area contributed by atoms with Gasteiger partial charge in [-0.3, -0.25) is 9.59 Å². The van der Waals surface area contributed by atoms with Gasteiger partial charge >= 0.3 is 5.97 Å². The topological polar surface area (TPSA) is 94.1 Å². The lowest BCUT2D eigenvalue weighted by Crippen LogP contribution is -2.46. The molecular formula is C19H25NO6. The number of hydrogen-bond acceptors (Lipinski definition) is 5. The molecule has 2 aliphatic rings. The van der Waals surface area contributed by atoms with Crippen molar-refractivity contribution in [3.05, 3.63) is 23.8 Å². The number of methoxy groups -OCH3 is 1. The zero-order chi connectivity index (χ0) is 18.6. The Morgan fingerprint density at radius 1 is 1.31 bits per heavy atom. The van der Waals surface area contributed by atoms with Crippen molar-refractivity contribution in [3.8, 4) is 11.5 Å². The molecule has 1 amide bonds. The van der Waals surface area contributed by atoms with E-state index in [2.05, 4.69) is 5.32 Å². The molecule has 0 aromatic heterocycles. The predicted octanol–water partition coefficient (Wildman–Crippen LogP) is 2.10. The molecule has 0 atom stereocenters. The third-order valence-corrected chi connectivity index (χ3v) is 5.10. The summed E-state index contributed by atoms with van der Waals surface area (Å²) in [5.74, 6) is 0.380. The van der Waals surface area contributed by atoms with Crippen LogP contribution in [-0.2, 0) is 9.53 Å². The molecule has 1 saturated carbocycles. The maximum atomic E-state index is 12.7. The number of aliphatic carboxylic acids is 1. The van der Waals surface area contributed by atoms with E-state index in [4.69, 9.17) is 14.2 Å². The van der Waals surface area contributed by atoms with E-state index in [9.17, 15) is 14.7 Å². The normalized spacial score (nSPS) is 18.8. The second-order valence-corrected chi connectivity index (χ2v) is 7.00. The lowest BCUT2D eigenvalue weighted by Gasteiger charge is -2.33. The van der Waals surface area contributed by atoms with E-state index in [1.807, 2.05) is 0 Å². The Morgan fingerprint density at radius 2 is 2.04 bits per heavy atom. The summed E-state index contributed by atoms with van der Waals surface area (Å²) in [6.07, 6.45) is 3.07. The number of nitrogens with one attached hydrogen (secondary N) is 1. The summed E-state index contributed by atoms with van der Waals surface area (Å²) in [4.78, 5) is 24.4. The maximum absolute atomic E-state index is 12.7. The number of carbonyl (C=O) groups is 2. The molecule has 0 unspecified atom stereocenters. The van der Waals surface area contributed by atoms with Crippen LogP contribution in [0.5, 0.6) is 11.5 Å². The molecule has 1 heterocycles. The average molecular weight is 363 g/mol. The minimum Gasteiger partial charge on any atom is -0.497 e. The third kappa shape index (κ3) is 4.27. The van der Waals surface area contributed by atoms with Gasteiger partial charge in [0.05, 0.1) is 24.7 Å². The Bertz CT molecular complexity index is 664. The number of rotatable bonds is 8. The summed E-state index contributed by atoms with van der Waals surface area (Å²) in [5, 5.41) is 12.4. The fraction of sp³-hybridized carbons (Fsp3) is 0.579. The van der Waals surface area contributed by atoms with Crippen molar-refractivity contribution in [2.45, 2.75) is 25.7 Å². The molecule has 3 rings (SSSR count). The van der Waals surface area contributed by atoms with Crippen molar-refractivity contribution in [2.75, 3.05) is 33.5 Å². The van der Waals surface area contributed by atoms with Gasteiger partial charge in [0.2, 0.25) is 0 Å². The standard InChI is InChI=1S/C19H25NO6/c1-24-14-4-5-15(16(10-14)26-11-13-2-3-13)17(21)20-12-19(18(22)23)6-8-25-9-7-19/h4-5,10,13H,2-3,6-9,11-12H2,1H3,(H,20,21)(H,22,23). The first-order chi connectivity index (χ1) is 12.5. The van der Waals surface area contributed by atoms with Crippen molar-refractivity contribution in [2.24, 2.45) is 11.3 Å². The second-order valence-electron chi connectivity index (χ2n) is 7.00. The minimum absolute atomic E-state index is 0.0681. The maximum Gasteiger partial charge on any atom is 0.311 e. The molecule has 0 radical (unpaired) electrons. The smallest absolute Gasteiger partial charge is 0.311 e. The molecule has 1 aliphatic carbocycles. The van der Waals surface area contributed by atoms with Crippen LogP contribution in [-0.4, -0.2) is 50.5 Å². The van der Waals surface area contributed by atoms with Gasteiger partial charge in [-0.05, 0) is 43.7 Å². The Balaban J connectivity index is 1.70. The van der Waals surface area contributed by atoms with Crippen LogP contribution in [0, 0.1) is 11.3 Å². The predicted molar refractivity (Wildman–Crippen MR) is 93.7 cm³/mol. The van der Waals surface area contributed by atoms with Crippen molar-refractivity contribution in [1.82, 2.24) is 5.32 Å². The van der Waals surface area contributed by atoms with Crippen LogP contribution in [0.25, 0.3) is 0 Å². The number of hydrogen-bond donors (Lipinski definition) is 2. The van der Waals surface area contributed by atoms with Gasteiger partial charge in [0.15, 0.2) is 0 Å². The molecule has 26 heavy (non-hydrogen) atoms. The summed E-state index contributed by atoms with van der Waals surface area (Å²) < 4.78 is 16.3. The summed E-state index contributed by atoms with van der Waals surface area (Å²) >= 11 is 0. The first-order valence-corrected chi connectivity index (χ1v) is 8.94. The van der Waals surface area contributed by atoms with Crippen LogP contribution >= 0.6 is 0 Å². The lowest BCUT2D eigenvalue weighted by molar-refractivity contribution is -0.154. The summed E-state index contributed by atoms with van der Waals surface area (Å²) in [5.41, 5.74) is -0.589. The Labute approximate surface area is 152 Å². The number of carboxylic acid groups (broad SMARTS) is 1. The molecular weight excluding hydrogens is 338 g/mol. The van der Waals surface area contributed by atoms with Crippen molar-refractivity contribution < 1.29 is 28.9 Å². The molecule has 7 heteroatoms. The summed E-state index contributed by atoms with van der Waals surface area (Å²) in [7, 11) is 1.56. The lowest BCUT2D eigenvalue weighted by atomic mass is 9.80. The highest BCUT2D eigenvalue weighted by Crippen LogP contribution is 2.33. The second kappa shape index (κ2) is 7.95. The van der Waals surface area contributed by atoms with E-state index in [-0.39, 0.29) is 12.5 Å². The monoisotopic (exact) mass is 363 g/mol. The first kappa shape index (κ1) is 18.5. The van der Waals surface area contributed by atoms with Gasteiger partial charge in [0.1, 0.15) is 11.5 Å². The Morgan fingerprint density at radius 3 is 2.65 bits per heavy atom. The summed E-state index contributed by atoms with van der Waals surface area (Å²) in [6, 6.07) is 5.03. The number of carboxylic acids is 1. The Hall–Kier alpha value is -2.28.